The summed E-state index contributed by atoms with van der Waals surface area (Å²) in [7, 11) is 0. The molecule has 0 saturated heterocycles. The van der Waals surface area contributed by atoms with Crippen LogP contribution >= 0.6 is 15.9 Å². The minimum atomic E-state index is 0.558. The highest BCUT2D eigenvalue weighted by Crippen LogP contribution is 2.33. The van der Waals surface area contributed by atoms with Gasteiger partial charge >= 0.3 is 0 Å². The molecule has 1 saturated carbocycles. The molecule has 3 atom stereocenters. The highest BCUT2D eigenvalue weighted by Gasteiger charge is 2.27. The van der Waals surface area contributed by atoms with Crippen molar-refractivity contribution in [3.05, 3.63) is 22.7 Å². The third kappa shape index (κ3) is 2.95. The fraction of sp³-hybridized carbons (Fsp3) is 0.571. The Morgan fingerprint density at radius 1 is 1.29 bits per heavy atom. The summed E-state index contributed by atoms with van der Waals surface area (Å²) in [5.41, 5.74) is 7.92. The lowest BCUT2D eigenvalue weighted by Gasteiger charge is -2.35. The summed E-state index contributed by atoms with van der Waals surface area (Å²) in [6.07, 6.45) is 3.93. The lowest BCUT2D eigenvalue weighted by molar-refractivity contribution is 0.253. The van der Waals surface area contributed by atoms with E-state index in [4.69, 9.17) is 5.73 Å². The van der Waals surface area contributed by atoms with E-state index in [0.717, 1.165) is 21.8 Å². The Morgan fingerprint density at radius 2 is 2.06 bits per heavy atom. The molecule has 0 bridgehead atoms. The number of nitrogens with two attached hydrogens (primary N) is 1. The van der Waals surface area contributed by atoms with Crippen LogP contribution in [0.4, 0.5) is 11.4 Å². The van der Waals surface area contributed by atoms with Crippen LogP contribution in [-0.2, 0) is 0 Å². The number of halogens is 1. The lowest BCUT2D eigenvalue weighted by Crippen LogP contribution is -2.35. The number of nitrogen functional groups attached to an aromatic ring is 1. The van der Waals surface area contributed by atoms with Gasteiger partial charge in [0.15, 0.2) is 0 Å². The molecule has 2 rings (SSSR count). The van der Waals surface area contributed by atoms with Gasteiger partial charge in [-0.05, 0) is 36.5 Å². The summed E-state index contributed by atoms with van der Waals surface area (Å²) in [5, 5.41) is 3.61. The molecule has 94 valence electrons. The fourth-order valence-corrected chi connectivity index (χ4v) is 3.03. The van der Waals surface area contributed by atoms with Gasteiger partial charge in [0.1, 0.15) is 0 Å². The molecule has 3 unspecified atom stereocenters. The van der Waals surface area contributed by atoms with Gasteiger partial charge in [-0.3, -0.25) is 0 Å². The predicted molar refractivity (Wildman–Crippen MR) is 78.1 cm³/mol. The molecule has 1 aliphatic carbocycles. The van der Waals surface area contributed by atoms with Crippen molar-refractivity contribution in [2.24, 2.45) is 11.8 Å². The van der Waals surface area contributed by atoms with Gasteiger partial charge < -0.3 is 11.1 Å². The van der Waals surface area contributed by atoms with E-state index >= 15 is 0 Å². The molecule has 2 nitrogen and oxygen atoms in total. The first-order chi connectivity index (χ1) is 8.08. The van der Waals surface area contributed by atoms with Gasteiger partial charge in [-0.15, -0.1) is 0 Å². The van der Waals surface area contributed by atoms with Gasteiger partial charge in [-0.2, -0.15) is 0 Å². The molecule has 0 heterocycles. The van der Waals surface area contributed by atoms with Gasteiger partial charge in [0.25, 0.3) is 0 Å². The van der Waals surface area contributed by atoms with E-state index in [0.29, 0.717) is 12.0 Å². The second kappa shape index (κ2) is 5.30. The number of nitrogens with one attached hydrogen (secondary N) is 1. The molecule has 0 aliphatic heterocycles. The number of hydrogen-bond acceptors (Lipinski definition) is 2. The lowest BCUT2D eigenvalue weighted by atomic mass is 9.78. The average molecular weight is 297 g/mol. The van der Waals surface area contributed by atoms with Crippen LogP contribution in [0.15, 0.2) is 22.7 Å². The summed E-state index contributed by atoms with van der Waals surface area (Å²) in [6.45, 7) is 4.69. The molecule has 0 radical (unpaired) electrons. The number of benzene rings is 1. The van der Waals surface area contributed by atoms with E-state index in [2.05, 4.69) is 41.2 Å². The summed E-state index contributed by atoms with van der Waals surface area (Å²) >= 11 is 3.44. The van der Waals surface area contributed by atoms with Crippen molar-refractivity contribution in [1.29, 1.82) is 0 Å². The zero-order valence-corrected chi connectivity index (χ0v) is 12.1. The van der Waals surface area contributed by atoms with Crippen molar-refractivity contribution in [2.75, 3.05) is 11.1 Å². The number of hydrogen-bond donors (Lipinski definition) is 2. The normalized spacial score (nSPS) is 29.0. The standard InChI is InChI=1S/C14H21BrN2/c1-9-4-3-5-13(10(9)2)17-14-7-6-11(15)8-12(14)16/h6-10,13,17H,3-5,16H2,1-2H3. The summed E-state index contributed by atoms with van der Waals surface area (Å²) in [6, 6.07) is 6.61. The fourth-order valence-electron chi connectivity index (χ4n) is 2.65. The smallest absolute Gasteiger partial charge is 0.0576 e. The summed E-state index contributed by atoms with van der Waals surface area (Å²) in [4.78, 5) is 0. The van der Waals surface area contributed by atoms with Crippen LogP contribution in [0.5, 0.6) is 0 Å². The van der Waals surface area contributed by atoms with Crippen molar-refractivity contribution in [3.63, 3.8) is 0 Å². The maximum absolute atomic E-state index is 6.03. The molecule has 3 N–H and O–H groups in total. The highest BCUT2D eigenvalue weighted by atomic mass is 79.9. The van der Waals surface area contributed by atoms with Crippen molar-refractivity contribution < 1.29 is 0 Å². The molecule has 0 amide bonds. The van der Waals surface area contributed by atoms with E-state index in [1.807, 2.05) is 12.1 Å². The van der Waals surface area contributed by atoms with Crippen LogP contribution in [0.2, 0.25) is 0 Å². The van der Waals surface area contributed by atoms with Gasteiger partial charge in [-0.25, -0.2) is 0 Å². The second-order valence-electron chi connectivity index (χ2n) is 5.25. The second-order valence-corrected chi connectivity index (χ2v) is 6.17. The van der Waals surface area contributed by atoms with Crippen LogP contribution < -0.4 is 11.1 Å². The zero-order chi connectivity index (χ0) is 12.4. The highest BCUT2D eigenvalue weighted by molar-refractivity contribution is 9.10. The van der Waals surface area contributed by atoms with Crippen LogP contribution in [0.3, 0.4) is 0 Å². The first-order valence-electron chi connectivity index (χ1n) is 6.39. The maximum atomic E-state index is 6.03. The minimum Gasteiger partial charge on any atom is -0.397 e. The zero-order valence-electron chi connectivity index (χ0n) is 10.5. The van der Waals surface area contributed by atoms with E-state index in [-0.39, 0.29) is 0 Å². The average Bonchev–Trinajstić information content (AvgIpc) is 2.28. The van der Waals surface area contributed by atoms with E-state index in [1.54, 1.807) is 0 Å². The Labute approximate surface area is 112 Å². The monoisotopic (exact) mass is 296 g/mol. The molecular weight excluding hydrogens is 276 g/mol. The Kier molecular flexibility index (Phi) is 3.97. The Hall–Kier alpha value is -0.700. The van der Waals surface area contributed by atoms with Crippen LogP contribution in [0.1, 0.15) is 33.1 Å². The van der Waals surface area contributed by atoms with E-state index in [9.17, 15) is 0 Å². The van der Waals surface area contributed by atoms with Crippen LogP contribution in [0, 0.1) is 11.8 Å². The summed E-state index contributed by atoms with van der Waals surface area (Å²) < 4.78 is 1.03. The van der Waals surface area contributed by atoms with Crippen LogP contribution in [0.25, 0.3) is 0 Å². The molecule has 17 heavy (non-hydrogen) atoms. The Bertz CT molecular complexity index is 392. The van der Waals surface area contributed by atoms with E-state index in [1.165, 1.54) is 19.3 Å². The van der Waals surface area contributed by atoms with Crippen molar-refractivity contribution in [3.8, 4) is 0 Å². The quantitative estimate of drug-likeness (QED) is 0.800. The van der Waals surface area contributed by atoms with E-state index < -0.39 is 0 Å². The number of rotatable bonds is 2. The maximum Gasteiger partial charge on any atom is 0.0576 e. The Morgan fingerprint density at radius 3 is 2.76 bits per heavy atom. The van der Waals surface area contributed by atoms with Gasteiger partial charge in [0.05, 0.1) is 11.4 Å². The molecule has 1 aliphatic rings. The van der Waals surface area contributed by atoms with Crippen molar-refractivity contribution in [1.82, 2.24) is 0 Å². The van der Waals surface area contributed by atoms with Gasteiger partial charge in [0.2, 0.25) is 0 Å². The van der Waals surface area contributed by atoms with Gasteiger partial charge in [-0.1, -0.05) is 42.6 Å². The predicted octanol–water partition coefficient (Wildman–Crippen LogP) is 4.27. The molecule has 3 heteroatoms. The molecule has 0 spiro atoms. The molecule has 1 fully saturated rings. The topological polar surface area (TPSA) is 38.0 Å². The van der Waals surface area contributed by atoms with Crippen LogP contribution in [-0.4, -0.2) is 6.04 Å². The molecular formula is C14H21BrN2. The number of anilines is 2. The van der Waals surface area contributed by atoms with Crippen molar-refractivity contribution in [2.45, 2.75) is 39.2 Å². The SMILES string of the molecule is CC1CCCC(Nc2ccc(Br)cc2N)C1C. The third-order valence-electron chi connectivity index (χ3n) is 4.06. The summed E-state index contributed by atoms with van der Waals surface area (Å²) in [5.74, 6) is 1.52. The molecule has 1 aromatic rings. The Balaban J connectivity index is 2.09. The molecule has 0 aromatic heterocycles. The molecule has 1 aromatic carbocycles. The largest absolute Gasteiger partial charge is 0.397 e. The van der Waals surface area contributed by atoms with Gasteiger partial charge in [0, 0.05) is 10.5 Å². The third-order valence-corrected chi connectivity index (χ3v) is 4.55. The minimum absolute atomic E-state index is 0.558. The van der Waals surface area contributed by atoms with Crippen molar-refractivity contribution >= 4 is 27.3 Å². The first kappa shape index (κ1) is 12.7. The first-order valence-corrected chi connectivity index (χ1v) is 7.19.